The average molecular weight is 436 g/mol. The Morgan fingerprint density at radius 1 is 1.25 bits per heavy atom. The predicted octanol–water partition coefficient (Wildman–Crippen LogP) is 3.81. The van der Waals surface area contributed by atoms with Crippen LogP contribution in [0.5, 0.6) is 0 Å². The molecule has 0 fully saturated rings. The number of aromatic nitrogens is 1. The third kappa shape index (κ3) is 4.94. The van der Waals surface area contributed by atoms with Crippen molar-refractivity contribution in [1.82, 2.24) is 10.3 Å². The lowest BCUT2D eigenvalue weighted by atomic mass is 9.86. The molecule has 1 N–H and O–H groups in total. The Morgan fingerprint density at radius 2 is 1.97 bits per heavy atom. The predicted molar refractivity (Wildman–Crippen MR) is 116 cm³/mol. The fourth-order valence-corrected chi connectivity index (χ4v) is 3.53. The Morgan fingerprint density at radius 3 is 2.59 bits per heavy atom. The molecule has 32 heavy (non-hydrogen) atoms. The molecule has 2 heterocycles. The van der Waals surface area contributed by atoms with E-state index in [1.54, 1.807) is 26.0 Å². The zero-order valence-corrected chi connectivity index (χ0v) is 17.7. The molecule has 0 aliphatic carbocycles. The van der Waals surface area contributed by atoms with Crippen LogP contribution in [0, 0.1) is 17.2 Å². The van der Waals surface area contributed by atoms with Gasteiger partial charge in [-0.05, 0) is 61.6 Å². The third-order valence-electron chi connectivity index (χ3n) is 5.21. The van der Waals surface area contributed by atoms with E-state index in [1.807, 2.05) is 12.1 Å². The van der Waals surface area contributed by atoms with E-state index in [-0.39, 0.29) is 5.57 Å². The number of nitriles is 1. The van der Waals surface area contributed by atoms with E-state index in [0.717, 1.165) is 5.56 Å². The first-order valence-electron chi connectivity index (χ1n) is 10.2. The Bertz CT molecular complexity index is 1130. The zero-order chi connectivity index (χ0) is 23.3. The zero-order valence-electron chi connectivity index (χ0n) is 17.7. The summed E-state index contributed by atoms with van der Waals surface area (Å²) in [6, 6.07) is 10.3. The number of carbonyl (C=O) groups excluding carboxylic acids is 2. The van der Waals surface area contributed by atoms with Crippen LogP contribution < -0.4 is 5.32 Å². The van der Waals surface area contributed by atoms with Gasteiger partial charge in [0.2, 0.25) is 5.91 Å². The van der Waals surface area contributed by atoms with E-state index >= 15 is 0 Å². The summed E-state index contributed by atoms with van der Waals surface area (Å²) in [5, 5.41) is 11.5. The highest BCUT2D eigenvalue weighted by Gasteiger charge is 2.33. The monoisotopic (exact) mass is 436 g/mol. The number of ketones is 1. The quantitative estimate of drug-likeness (QED) is 0.668. The second-order valence-corrected chi connectivity index (χ2v) is 7.35. The molecule has 8 heteroatoms. The average Bonchev–Trinajstić information content (AvgIpc) is 2.78. The van der Waals surface area contributed by atoms with Crippen LogP contribution in [-0.4, -0.2) is 29.4 Å². The van der Waals surface area contributed by atoms with E-state index in [2.05, 4.69) is 21.4 Å². The molecule has 1 aliphatic heterocycles. The largest absolute Gasteiger partial charge is 0.355 e. The number of rotatable bonds is 7. The van der Waals surface area contributed by atoms with Crippen molar-refractivity contribution in [2.45, 2.75) is 33.1 Å². The molecule has 3 rings (SSSR count). The lowest BCUT2D eigenvalue weighted by molar-refractivity contribution is -0.128. The number of Topliss-reactive ketones (excluding diaryl/α,β-unsaturated/α-hetero) is 1. The van der Waals surface area contributed by atoms with Crippen molar-refractivity contribution in [2.24, 2.45) is 10.9 Å². The fraction of sp³-hybridized carbons (Fsp3) is 0.292. The number of hydrogen-bond donors (Lipinski definition) is 1. The number of halogens is 2. The number of aryl methyl sites for hydroxylation is 2. The molecule has 0 saturated carbocycles. The molecule has 1 aliphatic rings. The number of carbonyl (C=O) groups is 2. The van der Waals surface area contributed by atoms with Gasteiger partial charge in [-0.15, -0.1) is 0 Å². The standard InChI is InChI=1S/C24H22F2N4O2/c1-3-28-24(32)19-13-29-14(2)21(22(19)31)18-10-20(23(25)26)30-12-17(18)9-8-15-4-6-16(11-27)7-5-15/h4-7,10,12-13,19,23H,3,8-9H2,1-2H3,(H,28,32). The van der Waals surface area contributed by atoms with Crippen molar-refractivity contribution >= 4 is 23.5 Å². The number of nitrogens with zero attached hydrogens (tertiary/aromatic N) is 3. The minimum atomic E-state index is -2.80. The van der Waals surface area contributed by atoms with Gasteiger partial charge in [0.25, 0.3) is 6.43 Å². The molecule has 164 valence electrons. The van der Waals surface area contributed by atoms with Crippen molar-refractivity contribution < 1.29 is 18.4 Å². The summed E-state index contributed by atoms with van der Waals surface area (Å²) in [6.07, 6.45) is 0.823. The van der Waals surface area contributed by atoms with E-state index in [9.17, 15) is 18.4 Å². The van der Waals surface area contributed by atoms with Gasteiger partial charge in [0.1, 0.15) is 11.6 Å². The molecule has 6 nitrogen and oxygen atoms in total. The van der Waals surface area contributed by atoms with E-state index in [1.165, 1.54) is 18.5 Å². The van der Waals surface area contributed by atoms with E-state index in [0.29, 0.717) is 41.8 Å². The lowest BCUT2D eigenvalue weighted by Gasteiger charge is -2.21. The van der Waals surface area contributed by atoms with Crippen LogP contribution in [0.2, 0.25) is 0 Å². The maximum absolute atomic E-state index is 13.4. The van der Waals surface area contributed by atoms with Crippen LogP contribution in [0.3, 0.4) is 0 Å². The summed E-state index contributed by atoms with van der Waals surface area (Å²) in [5.41, 5.74) is 2.49. The van der Waals surface area contributed by atoms with Gasteiger partial charge in [0.05, 0.1) is 11.6 Å². The lowest BCUT2D eigenvalue weighted by Crippen LogP contribution is -2.38. The van der Waals surface area contributed by atoms with Gasteiger partial charge >= 0.3 is 0 Å². The van der Waals surface area contributed by atoms with Crippen LogP contribution in [0.25, 0.3) is 5.57 Å². The van der Waals surface area contributed by atoms with Gasteiger partial charge < -0.3 is 5.32 Å². The number of alkyl halides is 2. The molecule has 1 amide bonds. The molecule has 0 saturated heterocycles. The van der Waals surface area contributed by atoms with Crippen molar-refractivity contribution in [2.75, 3.05) is 6.54 Å². The van der Waals surface area contributed by atoms with Crippen molar-refractivity contribution in [1.29, 1.82) is 5.26 Å². The Kier molecular flexibility index (Phi) is 7.21. The summed E-state index contributed by atoms with van der Waals surface area (Å²) in [5.74, 6) is -2.06. The smallest absolute Gasteiger partial charge is 0.280 e. The van der Waals surface area contributed by atoms with Gasteiger partial charge in [-0.25, -0.2) is 8.78 Å². The van der Waals surface area contributed by atoms with Crippen LogP contribution in [0.1, 0.15) is 48.2 Å². The minimum Gasteiger partial charge on any atom is -0.355 e. The minimum absolute atomic E-state index is 0.155. The molecular weight excluding hydrogens is 414 g/mol. The normalized spacial score (nSPS) is 15.8. The van der Waals surface area contributed by atoms with Crippen LogP contribution in [0.15, 0.2) is 47.2 Å². The van der Waals surface area contributed by atoms with Crippen LogP contribution >= 0.6 is 0 Å². The molecule has 1 aromatic heterocycles. The van der Waals surface area contributed by atoms with Gasteiger partial charge in [0.15, 0.2) is 5.78 Å². The van der Waals surface area contributed by atoms with Crippen molar-refractivity contribution in [3.05, 3.63) is 70.2 Å². The maximum atomic E-state index is 13.4. The summed E-state index contributed by atoms with van der Waals surface area (Å²) in [4.78, 5) is 33.6. The number of hydrogen-bond acceptors (Lipinski definition) is 5. The number of allylic oxidation sites excluding steroid dienone is 2. The van der Waals surface area contributed by atoms with Gasteiger partial charge in [-0.3, -0.25) is 19.6 Å². The first-order valence-corrected chi connectivity index (χ1v) is 10.2. The molecule has 2 aromatic rings. The molecule has 1 aromatic carbocycles. The Balaban J connectivity index is 1.98. The summed E-state index contributed by atoms with van der Waals surface area (Å²) in [6.45, 7) is 3.71. The maximum Gasteiger partial charge on any atom is 0.280 e. The highest BCUT2D eigenvalue weighted by molar-refractivity contribution is 6.34. The number of aliphatic imine (C=N–C) groups is 1. The summed E-state index contributed by atoms with van der Waals surface area (Å²) < 4.78 is 26.8. The first-order chi connectivity index (χ1) is 15.3. The van der Waals surface area contributed by atoms with E-state index in [4.69, 9.17) is 5.26 Å². The molecule has 0 radical (unpaired) electrons. The first kappa shape index (κ1) is 22.9. The van der Waals surface area contributed by atoms with Gasteiger partial charge in [-0.2, -0.15) is 5.26 Å². The molecule has 0 bridgehead atoms. The topological polar surface area (TPSA) is 95.2 Å². The number of pyridine rings is 1. The van der Waals surface area contributed by atoms with Gasteiger partial charge in [0, 0.05) is 30.2 Å². The highest BCUT2D eigenvalue weighted by Crippen LogP contribution is 2.32. The molecule has 1 unspecified atom stereocenters. The van der Waals surface area contributed by atoms with E-state index < -0.39 is 29.7 Å². The van der Waals surface area contributed by atoms with Crippen LogP contribution in [0.4, 0.5) is 8.78 Å². The number of benzene rings is 1. The summed E-state index contributed by atoms with van der Waals surface area (Å²) >= 11 is 0. The fourth-order valence-electron chi connectivity index (χ4n) is 3.53. The van der Waals surface area contributed by atoms with Crippen LogP contribution in [-0.2, 0) is 22.4 Å². The second-order valence-electron chi connectivity index (χ2n) is 7.35. The SMILES string of the molecule is CCNC(=O)C1C=NC(C)=C(c2cc(C(F)F)ncc2CCc2ccc(C#N)cc2)C1=O. The number of amides is 1. The highest BCUT2D eigenvalue weighted by atomic mass is 19.3. The third-order valence-corrected chi connectivity index (χ3v) is 5.21. The van der Waals surface area contributed by atoms with Crippen molar-refractivity contribution in [3.63, 3.8) is 0 Å². The Hall–Kier alpha value is -3.73. The molecule has 1 atom stereocenters. The van der Waals surface area contributed by atoms with Gasteiger partial charge in [-0.1, -0.05) is 12.1 Å². The number of nitrogens with one attached hydrogen (secondary N) is 1. The van der Waals surface area contributed by atoms with Crippen molar-refractivity contribution in [3.8, 4) is 6.07 Å². The Labute approximate surface area is 184 Å². The molecule has 0 spiro atoms. The molecular formula is C24H22F2N4O2. The summed E-state index contributed by atoms with van der Waals surface area (Å²) in [7, 11) is 0. The second kappa shape index (κ2) is 10.1.